The first-order valence-electron chi connectivity index (χ1n) is 9.81. The van der Waals surface area contributed by atoms with Gasteiger partial charge >= 0.3 is 5.97 Å². The van der Waals surface area contributed by atoms with E-state index in [1.807, 2.05) is 39.8 Å². The van der Waals surface area contributed by atoms with Crippen molar-refractivity contribution >= 4 is 5.97 Å². The highest BCUT2D eigenvalue weighted by molar-refractivity contribution is 5.81. The summed E-state index contributed by atoms with van der Waals surface area (Å²) in [6.07, 6.45) is 6.79. The molecule has 0 aliphatic heterocycles. The monoisotopic (exact) mass is 374 g/mol. The van der Waals surface area contributed by atoms with E-state index in [4.69, 9.17) is 14.2 Å². The largest absolute Gasteiger partial charge is 0.488 e. The van der Waals surface area contributed by atoms with Crippen LogP contribution in [-0.4, -0.2) is 30.4 Å². The Morgan fingerprint density at radius 2 is 1.67 bits per heavy atom. The second kappa shape index (κ2) is 8.92. The second-order valence-electron chi connectivity index (χ2n) is 8.70. The Labute approximate surface area is 163 Å². The van der Waals surface area contributed by atoms with Crippen LogP contribution in [0, 0.1) is 0 Å². The molecule has 150 valence electrons. The second-order valence-corrected chi connectivity index (χ2v) is 8.70. The molecule has 1 fully saturated rings. The topological polar surface area (TPSA) is 44.8 Å². The van der Waals surface area contributed by atoms with Crippen molar-refractivity contribution in [3.8, 4) is 5.75 Å². The molecule has 0 unspecified atom stereocenters. The van der Waals surface area contributed by atoms with Crippen molar-refractivity contribution in [2.24, 2.45) is 0 Å². The number of benzene rings is 1. The molecule has 0 heterocycles. The maximum atomic E-state index is 11.5. The van der Waals surface area contributed by atoms with Gasteiger partial charge in [0.25, 0.3) is 0 Å². The van der Waals surface area contributed by atoms with Gasteiger partial charge in [0.2, 0.25) is 0 Å². The van der Waals surface area contributed by atoms with Crippen molar-refractivity contribution in [2.45, 2.75) is 83.0 Å². The van der Waals surface area contributed by atoms with Gasteiger partial charge < -0.3 is 14.2 Å². The van der Waals surface area contributed by atoms with Crippen molar-refractivity contribution in [1.82, 2.24) is 0 Å². The van der Waals surface area contributed by atoms with Crippen LogP contribution in [0.4, 0.5) is 0 Å². The summed E-state index contributed by atoms with van der Waals surface area (Å²) in [6, 6.07) is 8.43. The third-order valence-corrected chi connectivity index (χ3v) is 5.15. The molecule has 0 bridgehead atoms. The number of carbonyl (C=O) groups excluding carboxylic acids is 1. The van der Waals surface area contributed by atoms with Crippen LogP contribution >= 0.6 is 0 Å². The lowest BCUT2D eigenvalue weighted by atomic mass is 9.83. The Kier molecular flexibility index (Phi) is 7.10. The zero-order chi connectivity index (χ0) is 20.1. The van der Waals surface area contributed by atoms with Gasteiger partial charge in [-0.15, -0.1) is 0 Å². The molecule has 0 amide bonds. The first-order valence-corrected chi connectivity index (χ1v) is 9.81. The minimum absolute atomic E-state index is 0.414. The maximum absolute atomic E-state index is 11.5. The maximum Gasteiger partial charge on any atom is 0.330 e. The molecular weight excluding hydrogens is 340 g/mol. The highest BCUT2D eigenvalue weighted by Crippen LogP contribution is 2.35. The lowest BCUT2D eigenvalue weighted by molar-refractivity contribution is -0.154. The van der Waals surface area contributed by atoms with Crippen LogP contribution in [0.15, 0.2) is 36.9 Å². The average Bonchev–Trinajstić information content (AvgIpc) is 2.60. The van der Waals surface area contributed by atoms with E-state index in [-0.39, 0.29) is 0 Å². The third-order valence-electron chi connectivity index (χ3n) is 5.15. The normalized spacial score (nSPS) is 20.8. The number of ether oxygens (including phenoxy) is 3. The predicted molar refractivity (Wildman–Crippen MR) is 108 cm³/mol. The molecule has 4 nitrogen and oxygen atoms in total. The SMILES string of the molecule is C=CC(=O)OC(C)(C)CC(C)(C)Oc1ccc(C2CCC(OC)CC2)cc1. The number of esters is 1. The van der Waals surface area contributed by atoms with Gasteiger partial charge in [0.15, 0.2) is 0 Å². The van der Waals surface area contributed by atoms with E-state index in [9.17, 15) is 4.79 Å². The fourth-order valence-electron chi connectivity index (χ4n) is 4.17. The Morgan fingerprint density at radius 3 is 2.19 bits per heavy atom. The molecule has 1 aliphatic carbocycles. The van der Waals surface area contributed by atoms with Crippen molar-refractivity contribution in [1.29, 1.82) is 0 Å². The van der Waals surface area contributed by atoms with E-state index >= 15 is 0 Å². The van der Waals surface area contributed by atoms with Crippen LogP contribution in [0.5, 0.6) is 5.75 Å². The molecule has 1 saturated carbocycles. The van der Waals surface area contributed by atoms with Crippen LogP contribution in [0.1, 0.15) is 71.3 Å². The van der Waals surface area contributed by atoms with Crippen LogP contribution in [0.25, 0.3) is 0 Å². The fraction of sp³-hybridized carbons (Fsp3) is 0.609. The van der Waals surface area contributed by atoms with Gasteiger partial charge in [-0.3, -0.25) is 0 Å². The summed E-state index contributed by atoms with van der Waals surface area (Å²) < 4.78 is 17.1. The summed E-state index contributed by atoms with van der Waals surface area (Å²) in [6.45, 7) is 11.2. The van der Waals surface area contributed by atoms with Crippen LogP contribution in [-0.2, 0) is 14.3 Å². The summed E-state index contributed by atoms with van der Waals surface area (Å²) in [7, 11) is 1.80. The van der Waals surface area contributed by atoms with E-state index in [2.05, 4.69) is 18.7 Å². The molecule has 1 aromatic carbocycles. The standard InChI is InChI=1S/C23H34O4/c1-7-21(24)27-23(4,5)16-22(2,3)26-20-14-10-18(11-15-20)17-8-12-19(25-6)13-9-17/h7,10-11,14-15,17,19H,1,8-9,12-13,16H2,2-6H3. The smallest absolute Gasteiger partial charge is 0.330 e. The lowest BCUT2D eigenvalue weighted by Crippen LogP contribution is -2.40. The number of methoxy groups -OCH3 is 1. The first kappa shape index (κ1) is 21.5. The van der Waals surface area contributed by atoms with E-state index in [1.165, 1.54) is 24.5 Å². The zero-order valence-electron chi connectivity index (χ0n) is 17.4. The van der Waals surface area contributed by atoms with E-state index in [0.29, 0.717) is 18.4 Å². The van der Waals surface area contributed by atoms with Crippen molar-refractivity contribution in [2.75, 3.05) is 7.11 Å². The van der Waals surface area contributed by atoms with Crippen LogP contribution in [0.3, 0.4) is 0 Å². The number of hydrogen-bond donors (Lipinski definition) is 0. The first-order chi connectivity index (χ1) is 12.6. The minimum Gasteiger partial charge on any atom is -0.488 e. The third kappa shape index (κ3) is 6.69. The van der Waals surface area contributed by atoms with Crippen molar-refractivity contribution in [3.05, 3.63) is 42.5 Å². The molecule has 1 aliphatic rings. The number of rotatable bonds is 8. The molecule has 1 aromatic rings. The molecule has 0 radical (unpaired) electrons. The van der Waals surface area contributed by atoms with Gasteiger partial charge in [0.1, 0.15) is 17.0 Å². The zero-order valence-corrected chi connectivity index (χ0v) is 17.4. The van der Waals surface area contributed by atoms with E-state index in [1.54, 1.807) is 7.11 Å². The van der Waals surface area contributed by atoms with Gasteiger partial charge in [-0.25, -0.2) is 4.79 Å². The highest BCUT2D eigenvalue weighted by atomic mass is 16.6. The molecule has 2 rings (SSSR count). The van der Waals surface area contributed by atoms with Crippen LogP contribution in [0.2, 0.25) is 0 Å². The number of carbonyl (C=O) groups is 1. The van der Waals surface area contributed by atoms with Gasteiger partial charge in [-0.1, -0.05) is 18.7 Å². The average molecular weight is 375 g/mol. The molecule has 0 N–H and O–H groups in total. The Balaban J connectivity index is 1.94. The van der Waals surface area contributed by atoms with Gasteiger partial charge in [-0.2, -0.15) is 0 Å². The molecule has 0 spiro atoms. The van der Waals surface area contributed by atoms with E-state index in [0.717, 1.165) is 18.6 Å². The summed E-state index contributed by atoms with van der Waals surface area (Å²) in [5.41, 5.74) is 0.271. The minimum atomic E-state index is -0.630. The fourth-order valence-corrected chi connectivity index (χ4v) is 4.17. The quantitative estimate of drug-likeness (QED) is 0.450. The number of hydrogen-bond acceptors (Lipinski definition) is 4. The van der Waals surface area contributed by atoms with Gasteiger partial charge in [0.05, 0.1) is 6.10 Å². The molecular formula is C23H34O4. The van der Waals surface area contributed by atoms with Gasteiger partial charge in [-0.05, 0) is 77.0 Å². The molecule has 27 heavy (non-hydrogen) atoms. The van der Waals surface area contributed by atoms with Crippen LogP contribution < -0.4 is 4.74 Å². The summed E-state index contributed by atoms with van der Waals surface area (Å²) in [5, 5.41) is 0. The Hall–Kier alpha value is -1.81. The summed E-state index contributed by atoms with van der Waals surface area (Å²) >= 11 is 0. The van der Waals surface area contributed by atoms with Crippen molar-refractivity contribution in [3.63, 3.8) is 0 Å². The van der Waals surface area contributed by atoms with Crippen molar-refractivity contribution < 1.29 is 19.0 Å². The molecule has 0 aromatic heterocycles. The Morgan fingerprint density at radius 1 is 1.07 bits per heavy atom. The summed E-state index contributed by atoms with van der Waals surface area (Å²) in [4.78, 5) is 11.5. The summed E-state index contributed by atoms with van der Waals surface area (Å²) in [5.74, 6) is 1.03. The molecule has 0 saturated heterocycles. The van der Waals surface area contributed by atoms with E-state index < -0.39 is 17.2 Å². The lowest BCUT2D eigenvalue weighted by Gasteiger charge is -2.35. The highest BCUT2D eigenvalue weighted by Gasteiger charge is 2.33. The molecule has 4 heteroatoms. The predicted octanol–water partition coefficient (Wildman–Crippen LogP) is 5.41. The molecule has 0 atom stereocenters. The Bertz CT molecular complexity index is 622. The van der Waals surface area contributed by atoms with Gasteiger partial charge in [0, 0.05) is 19.6 Å².